The lowest BCUT2D eigenvalue weighted by molar-refractivity contribution is 0.294. The molecule has 0 fully saturated rings. The van der Waals surface area contributed by atoms with Gasteiger partial charge in [-0.3, -0.25) is 5.21 Å². The summed E-state index contributed by atoms with van der Waals surface area (Å²) in [5, 5.41) is 19.8. The molecule has 0 unspecified atom stereocenters. The Labute approximate surface area is 110 Å². The first-order valence-corrected chi connectivity index (χ1v) is 6.23. The van der Waals surface area contributed by atoms with Gasteiger partial charge in [0.15, 0.2) is 0 Å². The van der Waals surface area contributed by atoms with E-state index in [0.717, 1.165) is 5.69 Å². The predicted octanol–water partition coefficient (Wildman–Crippen LogP) is 3.81. The number of aryl methyl sites for hydroxylation is 1. The molecule has 0 aliphatic heterocycles. The zero-order valence-corrected chi connectivity index (χ0v) is 10.6. The van der Waals surface area contributed by atoms with Gasteiger partial charge in [0.05, 0.1) is 10.6 Å². The van der Waals surface area contributed by atoms with E-state index in [9.17, 15) is 5.21 Å². The van der Waals surface area contributed by atoms with Crippen molar-refractivity contribution in [1.82, 2.24) is 0 Å². The van der Waals surface area contributed by atoms with Crippen LogP contribution >= 0.6 is 11.9 Å². The van der Waals surface area contributed by atoms with Crippen molar-refractivity contribution in [1.29, 1.82) is 0 Å². The molecule has 0 aliphatic rings. The van der Waals surface area contributed by atoms with Crippen LogP contribution in [0.15, 0.2) is 53.4 Å². The zero-order valence-electron chi connectivity index (χ0n) is 9.83. The fourth-order valence-corrected chi connectivity index (χ4v) is 2.20. The first-order chi connectivity index (χ1) is 8.66. The van der Waals surface area contributed by atoms with Gasteiger partial charge in [0.2, 0.25) is 0 Å². The smallest absolute Gasteiger partial charge is 0.0662 e. The van der Waals surface area contributed by atoms with Crippen LogP contribution in [0, 0.1) is 12.1 Å². The van der Waals surface area contributed by atoms with E-state index in [2.05, 4.69) is 4.72 Å². The molecule has 2 rings (SSSR count). The van der Waals surface area contributed by atoms with E-state index < -0.39 is 0 Å². The van der Waals surface area contributed by atoms with Crippen LogP contribution in [0.2, 0.25) is 0 Å². The van der Waals surface area contributed by atoms with Crippen LogP contribution in [0.1, 0.15) is 5.56 Å². The van der Waals surface area contributed by atoms with E-state index in [4.69, 9.17) is 5.21 Å². The molecule has 0 heterocycles. The van der Waals surface area contributed by atoms with Crippen LogP contribution in [0.4, 0.5) is 11.4 Å². The summed E-state index contributed by atoms with van der Waals surface area (Å²) in [6, 6.07) is 14.8. The molecule has 2 aromatic rings. The molecule has 2 N–H and O–H groups in total. The summed E-state index contributed by atoms with van der Waals surface area (Å²) in [7, 11) is 0. The minimum absolute atomic E-state index is 0.126. The molecule has 0 saturated heterocycles. The Bertz CT molecular complexity index is 515. The third-order valence-corrected chi connectivity index (χ3v) is 3.30. The van der Waals surface area contributed by atoms with E-state index >= 15 is 0 Å². The first kappa shape index (κ1) is 12.8. The van der Waals surface area contributed by atoms with Crippen molar-refractivity contribution in [3.05, 3.63) is 59.3 Å². The Hall–Kier alpha value is -1.69. The maximum Gasteiger partial charge on any atom is 0.0662 e. The summed E-state index contributed by atoms with van der Waals surface area (Å²) in [6.07, 6.45) is 0. The fourth-order valence-electron chi connectivity index (χ4n) is 1.44. The number of benzene rings is 2. The van der Waals surface area contributed by atoms with Crippen molar-refractivity contribution < 1.29 is 5.21 Å². The van der Waals surface area contributed by atoms with Crippen molar-refractivity contribution in [3.63, 3.8) is 0 Å². The highest BCUT2D eigenvalue weighted by Crippen LogP contribution is 2.29. The average molecular weight is 261 g/mol. The Morgan fingerprint density at radius 3 is 2.44 bits per heavy atom. The van der Waals surface area contributed by atoms with Crippen molar-refractivity contribution in [2.45, 2.75) is 11.8 Å². The van der Waals surface area contributed by atoms with Crippen molar-refractivity contribution in [2.24, 2.45) is 0 Å². The summed E-state index contributed by atoms with van der Waals surface area (Å²) in [4.78, 5) is 0.663. The van der Waals surface area contributed by atoms with Gasteiger partial charge in [0.1, 0.15) is 0 Å². The van der Waals surface area contributed by atoms with Crippen molar-refractivity contribution in [3.8, 4) is 0 Å². The van der Waals surface area contributed by atoms with Crippen LogP contribution in [0.25, 0.3) is 0 Å². The molecule has 18 heavy (non-hydrogen) atoms. The molecule has 0 atom stereocenters. The monoisotopic (exact) mass is 261 g/mol. The van der Waals surface area contributed by atoms with Crippen LogP contribution in [0.5, 0.6) is 0 Å². The van der Waals surface area contributed by atoms with Gasteiger partial charge in [-0.25, -0.2) is 0 Å². The van der Waals surface area contributed by atoms with E-state index in [1.807, 2.05) is 37.3 Å². The van der Waals surface area contributed by atoms with Crippen molar-refractivity contribution in [2.75, 3.05) is 9.95 Å². The second-order valence-corrected chi connectivity index (χ2v) is 4.66. The van der Waals surface area contributed by atoms with Gasteiger partial charge >= 0.3 is 0 Å². The molecule has 0 aromatic heterocycles. The Morgan fingerprint density at radius 1 is 1.11 bits per heavy atom. The molecule has 0 radical (unpaired) electrons. The number of anilines is 2. The van der Waals surface area contributed by atoms with Gasteiger partial charge in [0.25, 0.3) is 0 Å². The van der Waals surface area contributed by atoms with Gasteiger partial charge in [0, 0.05) is 5.69 Å². The lowest BCUT2D eigenvalue weighted by Gasteiger charge is -2.24. The number of para-hydroxylation sites is 1. The summed E-state index contributed by atoms with van der Waals surface area (Å²) in [5.41, 5.74) is 2.35. The highest BCUT2D eigenvalue weighted by molar-refractivity contribution is 8.00. The van der Waals surface area contributed by atoms with Crippen LogP contribution in [-0.4, -0.2) is 5.21 Å². The molecular formula is C13H13N2O2S-. The van der Waals surface area contributed by atoms with Crippen molar-refractivity contribution >= 4 is 23.3 Å². The van der Waals surface area contributed by atoms with Gasteiger partial charge in [-0.2, -0.15) is 0 Å². The Kier molecular flexibility index (Phi) is 4.09. The Balaban J connectivity index is 2.08. The summed E-state index contributed by atoms with van der Waals surface area (Å²) >= 11 is 1.28. The fraction of sp³-hybridized carbons (Fsp3) is 0.0769. The molecule has 0 spiro atoms. The van der Waals surface area contributed by atoms with Gasteiger partial charge in [-0.15, -0.1) is 0 Å². The van der Waals surface area contributed by atoms with Crippen LogP contribution in [-0.2, 0) is 0 Å². The molecule has 4 nitrogen and oxygen atoms in total. The second kappa shape index (κ2) is 5.77. The summed E-state index contributed by atoms with van der Waals surface area (Å²) < 4.78 is 3.12. The van der Waals surface area contributed by atoms with E-state index in [1.54, 1.807) is 18.2 Å². The van der Waals surface area contributed by atoms with Gasteiger partial charge < -0.3 is 15.2 Å². The summed E-state index contributed by atoms with van der Waals surface area (Å²) in [5.74, 6) is 0. The van der Waals surface area contributed by atoms with Gasteiger partial charge in [-0.1, -0.05) is 29.8 Å². The standard InChI is InChI=1S/C13H13N2O2S/c1-10-6-8-11(9-7-10)14-18-13-5-3-2-4-12(13)15(16)17/h2-9,14,16H,1H3/q-1. The lowest BCUT2D eigenvalue weighted by Crippen LogP contribution is -2.08. The van der Waals surface area contributed by atoms with Gasteiger partial charge in [-0.05, 0) is 43.1 Å². The molecule has 0 aliphatic carbocycles. The lowest BCUT2D eigenvalue weighted by atomic mass is 10.2. The quantitative estimate of drug-likeness (QED) is 0.647. The maximum absolute atomic E-state index is 11.0. The SMILES string of the molecule is Cc1ccc(NSc2ccccc2N([O-])O)cc1. The third-order valence-electron chi connectivity index (χ3n) is 2.40. The number of rotatable bonds is 4. The Morgan fingerprint density at radius 2 is 1.78 bits per heavy atom. The topological polar surface area (TPSA) is 58.6 Å². The molecule has 5 heteroatoms. The number of nitrogens with zero attached hydrogens (tertiary/aromatic N) is 1. The molecule has 0 saturated carbocycles. The zero-order chi connectivity index (χ0) is 13.0. The molecule has 0 bridgehead atoms. The van der Waals surface area contributed by atoms with Crippen LogP contribution < -0.4 is 9.95 Å². The maximum atomic E-state index is 11.0. The molecule has 94 valence electrons. The molecular weight excluding hydrogens is 248 g/mol. The number of hydrogen-bond acceptors (Lipinski definition) is 5. The average Bonchev–Trinajstić information content (AvgIpc) is 2.38. The van der Waals surface area contributed by atoms with E-state index in [1.165, 1.54) is 17.5 Å². The minimum Gasteiger partial charge on any atom is -0.733 e. The second-order valence-electron chi connectivity index (χ2n) is 3.81. The number of nitrogens with one attached hydrogen (secondary N) is 1. The largest absolute Gasteiger partial charge is 0.733 e. The number of hydrogen-bond donors (Lipinski definition) is 2. The molecule has 2 aromatic carbocycles. The first-order valence-electron chi connectivity index (χ1n) is 5.41. The third kappa shape index (κ3) is 3.16. The van der Waals surface area contributed by atoms with Crippen LogP contribution in [0.3, 0.4) is 0 Å². The minimum atomic E-state index is -0.126. The molecule has 0 amide bonds. The highest BCUT2D eigenvalue weighted by Gasteiger charge is 2.03. The normalized spacial score (nSPS) is 10.2. The van der Waals surface area contributed by atoms with E-state index in [0.29, 0.717) is 4.90 Å². The predicted molar refractivity (Wildman–Crippen MR) is 74.7 cm³/mol. The summed E-state index contributed by atoms with van der Waals surface area (Å²) in [6.45, 7) is 2.02. The highest BCUT2D eigenvalue weighted by atomic mass is 32.2. The van der Waals surface area contributed by atoms with E-state index in [-0.39, 0.29) is 10.9 Å².